The van der Waals surface area contributed by atoms with E-state index in [4.69, 9.17) is 5.73 Å². The Morgan fingerprint density at radius 1 is 0.800 bits per heavy atom. The molecule has 0 atom stereocenters. The number of rotatable bonds is 2. The van der Waals surface area contributed by atoms with Crippen molar-refractivity contribution in [1.29, 1.82) is 0 Å². The second-order valence-electron chi connectivity index (χ2n) is 4.13. The number of para-hydroxylation sites is 1. The molecule has 0 aliphatic rings. The van der Waals surface area contributed by atoms with Crippen molar-refractivity contribution in [2.24, 2.45) is 0 Å². The predicted octanol–water partition coefficient (Wildman–Crippen LogP) is 4.30. The van der Waals surface area contributed by atoms with Gasteiger partial charge in [-0.25, -0.2) is 4.28 Å². The Morgan fingerprint density at radius 3 is 2.10 bits per heavy atom. The number of benzene rings is 3. The molecular formula is C16H16N2OS. The van der Waals surface area contributed by atoms with Crippen LogP contribution in [0.15, 0.2) is 72.8 Å². The van der Waals surface area contributed by atoms with Crippen molar-refractivity contribution in [1.82, 2.24) is 0 Å². The van der Waals surface area contributed by atoms with E-state index >= 15 is 0 Å². The number of fused-ring (bicyclic) bond motifs is 1. The summed E-state index contributed by atoms with van der Waals surface area (Å²) in [6, 6.07) is 23.5. The van der Waals surface area contributed by atoms with Crippen LogP contribution in [0.4, 0.5) is 11.4 Å². The van der Waals surface area contributed by atoms with Crippen molar-refractivity contribution >= 4 is 35.1 Å². The van der Waals surface area contributed by atoms with Gasteiger partial charge in [-0.3, -0.25) is 5.48 Å². The van der Waals surface area contributed by atoms with Crippen molar-refractivity contribution < 1.29 is 4.28 Å². The van der Waals surface area contributed by atoms with Crippen LogP contribution in [0.3, 0.4) is 0 Å². The summed E-state index contributed by atoms with van der Waals surface area (Å²) in [7, 11) is 0. The molecule has 0 aliphatic carbocycles. The van der Waals surface area contributed by atoms with Gasteiger partial charge in [0.1, 0.15) is 0 Å². The molecule has 3 nitrogen and oxygen atoms in total. The van der Waals surface area contributed by atoms with E-state index in [1.54, 1.807) is 0 Å². The first-order valence-corrected chi connectivity index (χ1v) is 6.52. The van der Waals surface area contributed by atoms with Crippen molar-refractivity contribution in [2.45, 2.75) is 0 Å². The van der Waals surface area contributed by atoms with E-state index < -0.39 is 0 Å². The zero-order valence-corrected chi connectivity index (χ0v) is 11.8. The summed E-state index contributed by atoms with van der Waals surface area (Å²) in [5.41, 5.74) is 9.82. The van der Waals surface area contributed by atoms with Gasteiger partial charge in [0.15, 0.2) is 0 Å². The molecule has 3 aromatic carbocycles. The first-order valence-electron chi connectivity index (χ1n) is 6.16. The van der Waals surface area contributed by atoms with Crippen molar-refractivity contribution in [2.75, 3.05) is 11.2 Å². The number of nitrogen functional groups attached to an aromatic ring is 1. The van der Waals surface area contributed by atoms with E-state index in [2.05, 4.69) is 34.8 Å². The molecule has 3 rings (SSSR count). The van der Waals surface area contributed by atoms with Gasteiger partial charge in [0.2, 0.25) is 0 Å². The Bertz CT molecular complexity index is 653. The predicted molar refractivity (Wildman–Crippen MR) is 88.5 cm³/mol. The Balaban J connectivity index is 0.000000178. The number of nitrogens with two attached hydrogens (primary N) is 1. The highest BCUT2D eigenvalue weighted by molar-refractivity contribution is 7.75. The smallest absolute Gasteiger partial charge is 0.0694 e. The quantitative estimate of drug-likeness (QED) is 0.285. The lowest BCUT2D eigenvalue weighted by molar-refractivity contribution is 0.488. The highest BCUT2D eigenvalue weighted by Crippen LogP contribution is 2.22. The average Bonchev–Trinajstić information content (AvgIpc) is 2.49. The van der Waals surface area contributed by atoms with Crippen molar-refractivity contribution in [3.63, 3.8) is 0 Å². The Hall–Kier alpha value is -2.17. The Labute approximate surface area is 123 Å². The van der Waals surface area contributed by atoms with Crippen LogP contribution in [-0.4, -0.2) is 0 Å². The Kier molecular flexibility index (Phi) is 5.29. The van der Waals surface area contributed by atoms with Crippen LogP contribution in [0, 0.1) is 0 Å². The topological polar surface area (TPSA) is 47.3 Å². The van der Waals surface area contributed by atoms with E-state index in [0.29, 0.717) is 0 Å². The number of thiol groups is 1. The minimum absolute atomic E-state index is 0.822. The lowest BCUT2D eigenvalue weighted by Crippen LogP contribution is -1.91. The zero-order chi connectivity index (χ0) is 14.2. The third-order valence-electron chi connectivity index (χ3n) is 2.74. The van der Waals surface area contributed by atoms with E-state index in [-0.39, 0.29) is 0 Å². The van der Waals surface area contributed by atoms with Crippen molar-refractivity contribution in [3.05, 3.63) is 72.8 Å². The first kappa shape index (κ1) is 14.2. The van der Waals surface area contributed by atoms with Gasteiger partial charge in [-0.2, -0.15) is 0 Å². The summed E-state index contributed by atoms with van der Waals surface area (Å²) in [5.74, 6) is 0. The second kappa shape index (κ2) is 7.43. The summed E-state index contributed by atoms with van der Waals surface area (Å²) in [6.45, 7) is 0. The van der Waals surface area contributed by atoms with Crippen LogP contribution in [0.5, 0.6) is 0 Å². The molecule has 102 valence electrons. The molecule has 0 radical (unpaired) electrons. The van der Waals surface area contributed by atoms with Crippen LogP contribution >= 0.6 is 12.9 Å². The molecule has 0 aromatic heterocycles. The minimum Gasteiger partial charge on any atom is -0.399 e. The van der Waals surface area contributed by atoms with Crippen LogP contribution in [-0.2, 0) is 4.28 Å². The highest BCUT2D eigenvalue weighted by atomic mass is 32.1. The van der Waals surface area contributed by atoms with Gasteiger partial charge in [-0.1, -0.05) is 54.6 Å². The maximum absolute atomic E-state index is 5.36. The Morgan fingerprint density at radius 2 is 1.45 bits per heavy atom. The summed E-state index contributed by atoms with van der Waals surface area (Å²) in [5, 5.41) is 2.30. The van der Waals surface area contributed by atoms with Gasteiger partial charge in [-0.15, -0.1) is 0 Å². The fraction of sp³-hybridized carbons (Fsp3) is 0. The number of nitrogens with one attached hydrogen (secondary N) is 1. The fourth-order valence-electron chi connectivity index (χ4n) is 1.82. The molecule has 0 saturated heterocycles. The molecule has 0 heterocycles. The van der Waals surface area contributed by atoms with Gasteiger partial charge in [0.05, 0.1) is 5.69 Å². The van der Waals surface area contributed by atoms with Crippen LogP contribution in [0.2, 0.25) is 0 Å². The summed E-state index contributed by atoms with van der Waals surface area (Å²) in [4.78, 5) is 0. The molecule has 0 bridgehead atoms. The molecule has 20 heavy (non-hydrogen) atoms. The summed E-state index contributed by atoms with van der Waals surface area (Å²) >= 11 is 3.65. The normalized spacial score (nSPS) is 9.65. The SMILES string of the molecule is Nc1ccccc1.SONc1cccc2ccccc12. The number of anilines is 2. The van der Waals surface area contributed by atoms with E-state index in [0.717, 1.165) is 16.8 Å². The average molecular weight is 284 g/mol. The van der Waals surface area contributed by atoms with Crippen LogP contribution in [0.1, 0.15) is 0 Å². The van der Waals surface area contributed by atoms with Gasteiger partial charge in [-0.05, 0) is 23.6 Å². The van der Waals surface area contributed by atoms with Gasteiger partial charge in [0.25, 0.3) is 0 Å². The van der Waals surface area contributed by atoms with E-state index in [1.165, 1.54) is 5.39 Å². The maximum atomic E-state index is 5.36. The first-order chi connectivity index (χ1) is 9.81. The fourth-order valence-corrected chi connectivity index (χ4v) is 1.91. The minimum atomic E-state index is 0.822. The molecule has 3 aromatic rings. The molecule has 0 fully saturated rings. The van der Waals surface area contributed by atoms with E-state index in [1.807, 2.05) is 60.7 Å². The molecule has 3 N–H and O–H groups in total. The van der Waals surface area contributed by atoms with Gasteiger partial charge >= 0.3 is 0 Å². The second-order valence-corrected chi connectivity index (χ2v) is 4.31. The molecule has 0 spiro atoms. The standard InChI is InChI=1S/C10H9NOS.C6H7N/c13-12-11-10-7-3-5-8-4-1-2-6-9(8)10;7-6-4-2-1-3-5-6/h1-7,11,13H;1-5H,7H2. The number of hydrogen-bond acceptors (Lipinski definition) is 4. The highest BCUT2D eigenvalue weighted by Gasteiger charge is 1.97. The van der Waals surface area contributed by atoms with E-state index in [9.17, 15) is 0 Å². The maximum Gasteiger partial charge on any atom is 0.0694 e. The van der Waals surface area contributed by atoms with Gasteiger partial charge < -0.3 is 5.73 Å². The lowest BCUT2D eigenvalue weighted by atomic mass is 10.1. The molecule has 4 heteroatoms. The largest absolute Gasteiger partial charge is 0.399 e. The molecular weight excluding hydrogens is 268 g/mol. The van der Waals surface area contributed by atoms with Crippen molar-refractivity contribution in [3.8, 4) is 0 Å². The monoisotopic (exact) mass is 284 g/mol. The third-order valence-corrected chi connectivity index (χ3v) is 2.84. The molecule has 0 unspecified atom stereocenters. The summed E-state index contributed by atoms with van der Waals surface area (Å²) in [6.07, 6.45) is 0. The van der Waals surface area contributed by atoms with Crippen LogP contribution < -0.4 is 11.2 Å². The van der Waals surface area contributed by atoms with Crippen LogP contribution in [0.25, 0.3) is 10.8 Å². The summed E-state index contributed by atoms with van der Waals surface area (Å²) < 4.78 is 4.58. The molecule has 0 aliphatic heterocycles. The molecule has 0 saturated carbocycles. The van der Waals surface area contributed by atoms with Gasteiger partial charge in [0, 0.05) is 24.0 Å². The lowest BCUT2D eigenvalue weighted by Gasteiger charge is -2.05. The third kappa shape index (κ3) is 3.91. The number of hydrogen-bond donors (Lipinski definition) is 3. The zero-order valence-electron chi connectivity index (χ0n) is 10.9. The molecule has 0 amide bonds.